The van der Waals surface area contributed by atoms with Crippen molar-refractivity contribution in [1.82, 2.24) is 19.9 Å². The van der Waals surface area contributed by atoms with Gasteiger partial charge in [-0.3, -0.25) is 9.69 Å². The van der Waals surface area contributed by atoms with Crippen LogP contribution < -0.4 is 10.3 Å². The van der Waals surface area contributed by atoms with Crippen molar-refractivity contribution in [3.63, 3.8) is 0 Å². The molecule has 1 aliphatic heterocycles. The normalized spacial score (nSPS) is 14.3. The van der Waals surface area contributed by atoms with Gasteiger partial charge < -0.3 is 9.72 Å². The molecule has 7 heteroatoms. The molecule has 1 N–H and O–H groups in total. The number of rotatable bonds is 5. The van der Waals surface area contributed by atoms with E-state index in [1.54, 1.807) is 18.4 Å². The molecule has 0 spiro atoms. The van der Waals surface area contributed by atoms with E-state index in [4.69, 9.17) is 9.72 Å². The molecule has 3 heterocycles. The zero-order valence-corrected chi connectivity index (χ0v) is 17.2. The summed E-state index contributed by atoms with van der Waals surface area (Å²) in [5, 5.41) is 3.13. The van der Waals surface area contributed by atoms with Gasteiger partial charge in [-0.25, -0.2) is 9.97 Å². The Kier molecular flexibility index (Phi) is 5.28. The Morgan fingerprint density at radius 1 is 1.25 bits per heavy atom. The summed E-state index contributed by atoms with van der Waals surface area (Å²) in [6.07, 6.45) is 0.801. The van der Waals surface area contributed by atoms with E-state index >= 15 is 0 Å². The van der Waals surface area contributed by atoms with E-state index in [2.05, 4.69) is 20.2 Å². The van der Waals surface area contributed by atoms with E-state index in [0.717, 1.165) is 58.6 Å². The van der Waals surface area contributed by atoms with Crippen LogP contribution in [0.4, 0.5) is 0 Å². The molecule has 1 aliphatic rings. The maximum atomic E-state index is 12.5. The highest BCUT2D eigenvalue weighted by Crippen LogP contribution is 2.26. The van der Waals surface area contributed by atoms with E-state index in [-0.39, 0.29) is 11.5 Å². The van der Waals surface area contributed by atoms with E-state index < -0.39 is 0 Å². The lowest BCUT2D eigenvalue weighted by molar-refractivity contribution is 0.241. The van der Waals surface area contributed by atoms with E-state index in [0.29, 0.717) is 6.54 Å². The van der Waals surface area contributed by atoms with Gasteiger partial charge in [-0.15, -0.1) is 11.3 Å². The topological polar surface area (TPSA) is 71.1 Å². The van der Waals surface area contributed by atoms with Crippen LogP contribution in [0.2, 0.25) is 0 Å². The Morgan fingerprint density at radius 2 is 2.04 bits per heavy atom. The second-order valence-corrected chi connectivity index (χ2v) is 8.29. The van der Waals surface area contributed by atoms with Gasteiger partial charge in [-0.1, -0.05) is 13.8 Å². The van der Waals surface area contributed by atoms with Crippen molar-refractivity contribution >= 4 is 11.3 Å². The predicted octanol–water partition coefficient (Wildman–Crippen LogP) is 3.58. The van der Waals surface area contributed by atoms with Gasteiger partial charge in [-0.2, -0.15) is 0 Å². The number of nitrogens with one attached hydrogen (secondary N) is 1. The van der Waals surface area contributed by atoms with Crippen LogP contribution in [-0.2, 0) is 19.5 Å². The maximum absolute atomic E-state index is 12.5. The van der Waals surface area contributed by atoms with Crippen LogP contribution in [-0.4, -0.2) is 33.5 Å². The summed E-state index contributed by atoms with van der Waals surface area (Å²) in [4.78, 5) is 27.1. The summed E-state index contributed by atoms with van der Waals surface area (Å²) in [7, 11) is 1.66. The number of thiazole rings is 1. The first kappa shape index (κ1) is 18.8. The summed E-state index contributed by atoms with van der Waals surface area (Å²) in [5.74, 6) is 1.84. The molecule has 3 aromatic rings. The molecule has 0 saturated carbocycles. The second-order valence-electron chi connectivity index (χ2n) is 7.35. The van der Waals surface area contributed by atoms with Gasteiger partial charge in [0, 0.05) is 36.4 Å². The molecule has 6 nitrogen and oxygen atoms in total. The Balaban J connectivity index is 1.47. The second kappa shape index (κ2) is 7.85. The molecular weight excluding hydrogens is 372 g/mol. The summed E-state index contributed by atoms with van der Waals surface area (Å²) in [6, 6.07) is 7.93. The van der Waals surface area contributed by atoms with Crippen molar-refractivity contribution in [2.45, 2.75) is 39.3 Å². The summed E-state index contributed by atoms with van der Waals surface area (Å²) >= 11 is 1.65. The third-order valence-electron chi connectivity index (χ3n) is 5.01. The van der Waals surface area contributed by atoms with Crippen LogP contribution >= 0.6 is 11.3 Å². The Morgan fingerprint density at radius 3 is 2.75 bits per heavy atom. The molecule has 0 aliphatic carbocycles. The standard InChI is InChI=1S/C21H24N4O2S/c1-13(2)20-23-17-8-9-25(10-16(17)21(26)24-20)11-19-22-18(12-28-19)14-4-6-15(27-3)7-5-14/h4-7,12-13H,8-11H2,1-3H3,(H,23,24,26). The SMILES string of the molecule is COc1ccc(-c2csc(CN3CCc4nc(C(C)C)[nH]c(=O)c4C3)n2)cc1. The van der Waals surface area contributed by atoms with Gasteiger partial charge >= 0.3 is 0 Å². The van der Waals surface area contributed by atoms with Crippen LogP contribution in [0.25, 0.3) is 11.3 Å². The lowest BCUT2D eigenvalue weighted by Crippen LogP contribution is -2.35. The van der Waals surface area contributed by atoms with Crippen LogP contribution in [0.5, 0.6) is 5.75 Å². The number of methoxy groups -OCH3 is 1. The Labute approximate surface area is 168 Å². The molecule has 0 amide bonds. The van der Waals surface area contributed by atoms with Gasteiger partial charge in [0.05, 0.1) is 30.6 Å². The third-order valence-corrected chi connectivity index (χ3v) is 5.84. The average molecular weight is 397 g/mol. The number of H-pyrrole nitrogens is 1. The molecule has 2 aromatic heterocycles. The fraction of sp³-hybridized carbons (Fsp3) is 0.381. The minimum atomic E-state index is -0.00328. The lowest BCUT2D eigenvalue weighted by Gasteiger charge is -2.27. The number of aromatic nitrogens is 3. The quantitative estimate of drug-likeness (QED) is 0.714. The molecule has 0 bridgehead atoms. The molecular formula is C21H24N4O2S. The van der Waals surface area contributed by atoms with Crippen molar-refractivity contribution in [3.05, 3.63) is 62.1 Å². The van der Waals surface area contributed by atoms with Crippen molar-refractivity contribution in [2.24, 2.45) is 0 Å². The molecule has 0 fully saturated rings. The van der Waals surface area contributed by atoms with Gasteiger partial charge in [0.2, 0.25) is 0 Å². The first-order valence-electron chi connectivity index (χ1n) is 9.46. The fourth-order valence-corrected chi connectivity index (χ4v) is 4.22. The number of ether oxygens (including phenoxy) is 1. The van der Waals surface area contributed by atoms with E-state index in [1.807, 2.05) is 38.1 Å². The van der Waals surface area contributed by atoms with Gasteiger partial charge in [0.25, 0.3) is 5.56 Å². The largest absolute Gasteiger partial charge is 0.497 e. The molecule has 0 unspecified atom stereocenters. The molecule has 1 aromatic carbocycles. The number of aromatic amines is 1. The van der Waals surface area contributed by atoms with Crippen molar-refractivity contribution in [2.75, 3.05) is 13.7 Å². The number of fused-ring (bicyclic) bond motifs is 1. The monoisotopic (exact) mass is 396 g/mol. The third kappa shape index (κ3) is 3.86. The maximum Gasteiger partial charge on any atom is 0.255 e. The molecule has 146 valence electrons. The van der Waals surface area contributed by atoms with Crippen LogP contribution in [0, 0.1) is 0 Å². The van der Waals surface area contributed by atoms with Crippen molar-refractivity contribution in [3.8, 4) is 17.0 Å². The summed E-state index contributed by atoms with van der Waals surface area (Å²) < 4.78 is 5.21. The zero-order chi connectivity index (χ0) is 19.7. The van der Waals surface area contributed by atoms with Gasteiger partial charge in [0.15, 0.2) is 0 Å². The number of hydrogen-bond donors (Lipinski definition) is 1. The van der Waals surface area contributed by atoms with Crippen LogP contribution in [0.3, 0.4) is 0 Å². The number of nitrogens with zero attached hydrogens (tertiary/aromatic N) is 3. The molecule has 4 rings (SSSR count). The Bertz CT molecular complexity index is 1020. The van der Waals surface area contributed by atoms with Gasteiger partial charge in [0.1, 0.15) is 16.6 Å². The highest BCUT2D eigenvalue weighted by atomic mass is 32.1. The van der Waals surface area contributed by atoms with Crippen molar-refractivity contribution in [1.29, 1.82) is 0 Å². The first-order chi connectivity index (χ1) is 13.5. The zero-order valence-electron chi connectivity index (χ0n) is 16.4. The minimum absolute atomic E-state index is 0.00328. The molecule has 0 saturated heterocycles. The Hall–Kier alpha value is -2.51. The minimum Gasteiger partial charge on any atom is -0.497 e. The molecule has 0 radical (unpaired) electrons. The van der Waals surface area contributed by atoms with E-state index in [1.165, 1.54) is 0 Å². The van der Waals surface area contributed by atoms with Gasteiger partial charge in [-0.05, 0) is 24.3 Å². The van der Waals surface area contributed by atoms with Crippen molar-refractivity contribution < 1.29 is 4.74 Å². The highest BCUT2D eigenvalue weighted by molar-refractivity contribution is 7.09. The average Bonchev–Trinajstić information content (AvgIpc) is 3.16. The number of hydrogen-bond acceptors (Lipinski definition) is 6. The summed E-state index contributed by atoms with van der Waals surface area (Å²) in [5.41, 5.74) is 3.79. The smallest absolute Gasteiger partial charge is 0.255 e. The highest BCUT2D eigenvalue weighted by Gasteiger charge is 2.22. The fourth-order valence-electron chi connectivity index (χ4n) is 3.38. The lowest BCUT2D eigenvalue weighted by atomic mass is 10.1. The molecule has 0 atom stereocenters. The van der Waals surface area contributed by atoms with E-state index in [9.17, 15) is 4.79 Å². The summed E-state index contributed by atoms with van der Waals surface area (Å²) in [6.45, 7) is 6.34. The van der Waals surface area contributed by atoms with Crippen LogP contribution in [0.1, 0.15) is 41.9 Å². The predicted molar refractivity (Wildman–Crippen MR) is 111 cm³/mol. The van der Waals surface area contributed by atoms with Crippen LogP contribution in [0.15, 0.2) is 34.4 Å². The number of benzene rings is 1. The first-order valence-corrected chi connectivity index (χ1v) is 10.3. The molecule has 28 heavy (non-hydrogen) atoms.